The summed E-state index contributed by atoms with van der Waals surface area (Å²) >= 11 is 3.45. The highest BCUT2D eigenvalue weighted by Gasteiger charge is 1.99. The molecule has 3 aromatic carbocycles. The summed E-state index contributed by atoms with van der Waals surface area (Å²) in [6.07, 6.45) is 0. The van der Waals surface area contributed by atoms with Crippen molar-refractivity contribution in [2.24, 2.45) is 0 Å². The van der Waals surface area contributed by atoms with Crippen LogP contribution in [-0.2, 0) is 6.54 Å². The summed E-state index contributed by atoms with van der Waals surface area (Å²) in [4.78, 5) is 0. The zero-order valence-electron chi connectivity index (χ0n) is 10.4. The monoisotopic (exact) mass is 311 g/mol. The molecule has 3 rings (SSSR count). The smallest absolute Gasteiger partial charge is 0.0422 e. The Labute approximate surface area is 121 Å². The van der Waals surface area contributed by atoms with Crippen LogP contribution in [0.25, 0.3) is 10.8 Å². The Morgan fingerprint density at radius 1 is 0.789 bits per heavy atom. The Hall–Kier alpha value is -1.80. The zero-order chi connectivity index (χ0) is 13.1. The number of nitrogens with one attached hydrogen (secondary N) is 1. The Balaban J connectivity index is 1.84. The van der Waals surface area contributed by atoms with Gasteiger partial charge in [-0.25, -0.2) is 0 Å². The van der Waals surface area contributed by atoms with Gasteiger partial charge in [0.15, 0.2) is 0 Å². The molecule has 0 bridgehead atoms. The highest BCUT2D eigenvalue weighted by Crippen LogP contribution is 2.23. The van der Waals surface area contributed by atoms with Gasteiger partial charge in [-0.1, -0.05) is 64.5 Å². The van der Waals surface area contributed by atoms with E-state index >= 15 is 0 Å². The lowest BCUT2D eigenvalue weighted by atomic mass is 10.1. The van der Waals surface area contributed by atoms with Gasteiger partial charge in [-0.3, -0.25) is 0 Å². The largest absolute Gasteiger partial charge is 0.380 e. The molecule has 0 aliphatic rings. The SMILES string of the molecule is Brc1ccc(CNc2cccc3ccccc23)cc1. The van der Waals surface area contributed by atoms with Crippen LogP contribution >= 0.6 is 15.9 Å². The van der Waals surface area contributed by atoms with Crippen molar-refractivity contribution in [3.63, 3.8) is 0 Å². The van der Waals surface area contributed by atoms with Crippen molar-refractivity contribution in [3.05, 3.63) is 76.8 Å². The molecule has 94 valence electrons. The molecule has 0 radical (unpaired) electrons. The van der Waals surface area contributed by atoms with Crippen LogP contribution in [0, 0.1) is 0 Å². The van der Waals surface area contributed by atoms with Crippen molar-refractivity contribution in [1.82, 2.24) is 0 Å². The maximum atomic E-state index is 3.51. The van der Waals surface area contributed by atoms with Crippen molar-refractivity contribution in [2.75, 3.05) is 5.32 Å². The molecule has 0 heterocycles. The molecule has 1 nitrogen and oxygen atoms in total. The second-order valence-corrected chi connectivity index (χ2v) is 5.42. The highest BCUT2D eigenvalue weighted by molar-refractivity contribution is 9.10. The van der Waals surface area contributed by atoms with E-state index in [0.717, 1.165) is 11.0 Å². The second kappa shape index (κ2) is 5.45. The van der Waals surface area contributed by atoms with Gasteiger partial charge in [0.1, 0.15) is 0 Å². The number of anilines is 1. The zero-order valence-corrected chi connectivity index (χ0v) is 12.0. The summed E-state index contributed by atoms with van der Waals surface area (Å²) in [5.41, 5.74) is 2.46. The molecular weight excluding hydrogens is 298 g/mol. The van der Waals surface area contributed by atoms with Crippen LogP contribution in [0.5, 0.6) is 0 Å². The van der Waals surface area contributed by atoms with Crippen LogP contribution in [0.1, 0.15) is 5.56 Å². The van der Waals surface area contributed by atoms with Crippen LogP contribution in [0.15, 0.2) is 71.2 Å². The van der Waals surface area contributed by atoms with Crippen LogP contribution in [0.4, 0.5) is 5.69 Å². The topological polar surface area (TPSA) is 12.0 Å². The molecule has 0 spiro atoms. The van der Waals surface area contributed by atoms with Gasteiger partial charge in [0.25, 0.3) is 0 Å². The molecule has 2 heteroatoms. The fraction of sp³-hybridized carbons (Fsp3) is 0.0588. The van der Waals surface area contributed by atoms with Gasteiger partial charge in [-0.05, 0) is 29.1 Å². The molecule has 3 aromatic rings. The molecule has 0 aliphatic heterocycles. The van der Waals surface area contributed by atoms with E-state index < -0.39 is 0 Å². The lowest BCUT2D eigenvalue weighted by molar-refractivity contribution is 1.15. The van der Waals surface area contributed by atoms with Crippen molar-refractivity contribution in [2.45, 2.75) is 6.54 Å². The summed E-state index contributed by atoms with van der Waals surface area (Å²) in [6, 6.07) is 23.2. The van der Waals surface area contributed by atoms with E-state index in [0.29, 0.717) is 0 Å². The molecule has 0 unspecified atom stereocenters. The molecule has 0 saturated heterocycles. The van der Waals surface area contributed by atoms with E-state index in [2.05, 4.69) is 88.0 Å². The maximum Gasteiger partial charge on any atom is 0.0422 e. The van der Waals surface area contributed by atoms with E-state index in [1.54, 1.807) is 0 Å². The summed E-state index contributed by atoms with van der Waals surface area (Å²) in [6.45, 7) is 0.835. The Morgan fingerprint density at radius 2 is 1.53 bits per heavy atom. The fourth-order valence-electron chi connectivity index (χ4n) is 2.18. The molecular formula is C17H14BrN. The van der Waals surface area contributed by atoms with Gasteiger partial charge in [-0.15, -0.1) is 0 Å². The van der Waals surface area contributed by atoms with Crippen molar-refractivity contribution < 1.29 is 0 Å². The normalized spacial score (nSPS) is 10.6. The van der Waals surface area contributed by atoms with Gasteiger partial charge < -0.3 is 5.32 Å². The van der Waals surface area contributed by atoms with Crippen molar-refractivity contribution in [3.8, 4) is 0 Å². The van der Waals surface area contributed by atoms with Gasteiger partial charge in [0.05, 0.1) is 0 Å². The molecule has 0 amide bonds. The lowest BCUT2D eigenvalue weighted by Gasteiger charge is -2.10. The molecule has 1 N–H and O–H groups in total. The van der Waals surface area contributed by atoms with Crippen LogP contribution < -0.4 is 5.32 Å². The first-order valence-corrected chi connectivity index (χ1v) is 7.08. The lowest BCUT2D eigenvalue weighted by Crippen LogP contribution is -1.99. The predicted molar refractivity (Wildman–Crippen MR) is 85.4 cm³/mol. The first-order valence-electron chi connectivity index (χ1n) is 6.29. The minimum absolute atomic E-state index is 0.835. The fourth-order valence-corrected chi connectivity index (χ4v) is 2.44. The molecule has 0 aromatic heterocycles. The average Bonchev–Trinajstić information content (AvgIpc) is 2.47. The van der Waals surface area contributed by atoms with E-state index in [4.69, 9.17) is 0 Å². The Bertz CT molecular complexity index is 684. The van der Waals surface area contributed by atoms with Crippen LogP contribution in [0.2, 0.25) is 0 Å². The number of rotatable bonds is 3. The van der Waals surface area contributed by atoms with Gasteiger partial charge in [0, 0.05) is 22.1 Å². The quantitative estimate of drug-likeness (QED) is 0.699. The molecule has 0 aliphatic carbocycles. The Morgan fingerprint density at radius 3 is 2.37 bits per heavy atom. The number of fused-ring (bicyclic) bond motifs is 1. The third-order valence-electron chi connectivity index (χ3n) is 3.19. The van der Waals surface area contributed by atoms with Gasteiger partial charge in [0.2, 0.25) is 0 Å². The summed E-state index contributed by atoms with van der Waals surface area (Å²) in [7, 11) is 0. The number of hydrogen-bond donors (Lipinski definition) is 1. The second-order valence-electron chi connectivity index (χ2n) is 4.51. The number of benzene rings is 3. The van der Waals surface area contributed by atoms with Crippen LogP contribution in [-0.4, -0.2) is 0 Å². The maximum absolute atomic E-state index is 3.51. The minimum Gasteiger partial charge on any atom is -0.380 e. The third-order valence-corrected chi connectivity index (χ3v) is 3.71. The highest BCUT2D eigenvalue weighted by atomic mass is 79.9. The van der Waals surface area contributed by atoms with Crippen LogP contribution in [0.3, 0.4) is 0 Å². The molecule has 19 heavy (non-hydrogen) atoms. The molecule has 0 saturated carbocycles. The van der Waals surface area contributed by atoms with E-state index in [1.807, 2.05) is 0 Å². The average molecular weight is 312 g/mol. The first kappa shape index (κ1) is 12.2. The third kappa shape index (κ3) is 2.79. The molecule has 0 fully saturated rings. The summed E-state index contributed by atoms with van der Waals surface area (Å²) in [5, 5.41) is 6.04. The summed E-state index contributed by atoms with van der Waals surface area (Å²) < 4.78 is 1.11. The van der Waals surface area contributed by atoms with E-state index in [9.17, 15) is 0 Å². The number of hydrogen-bond acceptors (Lipinski definition) is 1. The first-order chi connectivity index (χ1) is 9.33. The van der Waals surface area contributed by atoms with Crippen molar-refractivity contribution >= 4 is 32.4 Å². The standard InChI is InChI=1S/C17H14BrN/c18-15-10-8-13(9-11-15)12-19-17-7-3-5-14-4-1-2-6-16(14)17/h1-11,19H,12H2. The minimum atomic E-state index is 0.835. The van der Waals surface area contributed by atoms with Gasteiger partial charge >= 0.3 is 0 Å². The predicted octanol–water partition coefficient (Wildman–Crippen LogP) is 5.21. The van der Waals surface area contributed by atoms with Crippen molar-refractivity contribution in [1.29, 1.82) is 0 Å². The molecule has 0 atom stereocenters. The number of halogens is 1. The Kier molecular flexibility index (Phi) is 3.51. The summed E-state index contributed by atoms with van der Waals surface area (Å²) in [5.74, 6) is 0. The van der Waals surface area contributed by atoms with Gasteiger partial charge in [-0.2, -0.15) is 0 Å². The van der Waals surface area contributed by atoms with E-state index in [1.165, 1.54) is 22.0 Å². The van der Waals surface area contributed by atoms with E-state index in [-0.39, 0.29) is 0 Å².